The van der Waals surface area contributed by atoms with Gasteiger partial charge in [-0.2, -0.15) is 0 Å². The summed E-state index contributed by atoms with van der Waals surface area (Å²) in [5.74, 6) is 0.641. The van der Waals surface area contributed by atoms with Crippen LogP contribution in [0.3, 0.4) is 0 Å². The van der Waals surface area contributed by atoms with E-state index in [1.165, 1.54) is 0 Å². The molecule has 0 saturated heterocycles. The maximum absolute atomic E-state index is 12.7. The highest BCUT2D eigenvalue weighted by atomic mass is 16.2. The SMILES string of the molecule is CC1=NC(=Cc2c[nH]c3ncccc23)C(=O)N1Cc1ccccc1. The number of pyridine rings is 1. The topological polar surface area (TPSA) is 61.4 Å². The second-order valence-electron chi connectivity index (χ2n) is 5.71. The molecule has 3 aromatic rings. The largest absolute Gasteiger partial charge is 0.346 e. The number of amides is 1. The lowest BCUT2D eigenvalue weighted by Crippen LogP contribution is -2.29. The minimum Gasteiger partial charge on any atom is -0.346 e. The summed E-state index contributed by atoms with van der Waals surface area (Å²) >= 11 is 0. The van der Waals surface area contributed by atoms with E-state index < -0.39 is 0 Å². The number of hydrogen-bond acceptors (Lipinski definition) is 3. The van der Waals surface area contributed by atoms with Gasteiger partial charge in [0.25, 0.3) is 5.91 Å². The molecule has 3 heterocycles. The van der Waals surface area contributed by atoms with Crippen molar-refractivity contribution in [1.82, 2.24) is 14.9 Å². The van der Waals surface area contributed by atoms with E-state index in [0.29, 0.717) is 18.1 Å². The van der Waals surface area contributed by atoms with Gasteiger partial charge in [-0.25, -0.2) is 9.98 Å². The van der Waals surface area contributed by atoms with Crippen molar-refractivity contribution in [3.8, 4) is 0 Å². The summed E-state index contributed by atoms with van der Waals surface area (Å²) in [6.45, 7) is 2.39. The van der Waals surface area contributed by atoms with Crippen molar-refractivity contribution in [1.29, 1.82) is 0 Å². The molecule has 0 bridgehead atoms. The van der Waals surface area contributed by atoms with Gasteiger partial charge in [0.2, 0.25) is 0 Å². The highest BCUT2D eigenvalue weighted by Crippen LogP contribution is 2.23. The molecule has 0 atom stereocenters. The Morgan fingerprint density at radius 2 is 2.00 bits per heavy atom. The van der Waals surface area contributed by atoms with Crippen LogP contribution in [0.25, 0.3) is 17.1 Å². The molecule has 1 aliphatic heterocycles. The fourth-order valence-electron chi connectivity index (χ4n) is 2.86. The first-order valence-corrected chi connectivity index (χ1v) is 7.77. The zero-order valence-electron chi connectivity index (χ0n) is 13.2. The summed E-state index contributed by atoms with van der Waals surface area (Å²) in [7, 11) is 0. The molecule has 2 aromatic heterocycles. The number of hydrogen-bond donors (Lipinski definition) is 1. The molecule has 1 aliphatic rings. The molecule has 118 valence electrons. The molecule has 5 heteroatoms. The van der Waals surface area contributed by atoms with Crippen molar-refractivity contribution in [2.24, 2.45) is 4.99 Å². The van der Waals surface area contributed by atoms with Crippen LogP contribution in [-0.4, -0.2) is 26.6 Å². The minimum atomic E-state index is -0.0745. The number of nitrogens with one attached hydrogen (secondary N) is 1. The maximum atomic E-state index is 12.7. The Labute approximate surface area is 139 Å². The van der Waals surface area contributed by atoms with Gasteiger partial charge in [-0.1, -0.05) is 30.3 Å². The lowest BCUT2D eigenvalue weighted by atomic mass is 10.2. The molecule has 0 fully saturated rings. The van der Waals surface area contributed by atoms with E-state index in [0.717, 1.165) is 22.2 Å². The lowest BCUT2D eigenvalue weighted by Gasteiger charge is -2.15. The van der Waals surface area contributed by atoms with E-state index in [-0.39, 0.29) is 5.91 Å². The highest BCUT2D eigenvalue weighted by Gasteiger charge is 2.27. The minimum absolute atomic E-state index is 0.0745. The molecule has 0 saturated carbocycles. The fraction of sp³-hybridized carbons (Fsp3) is 0.105. The van der Waals surface area contributed by atoms with Crippen LogP contribution in [-0.2, 0) is 11.3 Å². The van der Waals surface area contributed by atoms with Crippen molar-refractivity contribution in [2.75, 3.05) is 0 Å². The molecule has 0 spiro atoms. The van der Waals surface area contributed by atoms with Gasteiger partial charge < -0.3 is 4.98 Å². The van der Waals surface area contributed by atoms with Crippen LogP contribution in [0.1, 0.15) is 18.1 Å². The second kappa shape index (κ2) is 5.77. The van der Waals surface area contributed by atoms with Crippen LogP contribution < -0.4 is 0 Å². The monoisotopic (exact) mass is 316 g/mol. The average Bonchev–Trinajstić information content (AvgIpc) is 3.13. The number of amidine groups is 1. The number of carbonyl (C=O) groups is 1. The summed E-state index contributed by atoms with van der Waals surface area (Å²) in [5.41, 5.74) is 3.25. The first-order valence-electron chi connectivity index (χ1n) is 7.77. The number of benzene rings is 1. The number of aliphatic imine (C=N–C) groups is 1. The number of carbonyl (C=O) groups excluding carboxylic acids is 1. The van der Waals surface area contributed by atoms with E-state index in [1.807, 2.05) is 61.7 Å². The molecule has 5 nitrogen and oxygen atoms in total. The van der Waals surface area contributed by atoms with Crippen LogP contribution in [0, 0.1) is 0 Å². The predicted molar refractivity (Wildman–Crippen MR) is 94.2 cm³/mol. The number of aromatic nitrogens is 2. The van der Waals surface area contributed by atoms with Crippen molar-refractivity contribution in [2.45, 2.75) is 13.5 Å². The molecular formula is C19H16N4O. The Morgan fingerprint density at radius 1 is 1.17 bits per heavy atom. The number of rotatable bonds is 3. The number of nitrogens with zero attached hydrogens (tertiary/aromatic N) is 3. The molecule has 0 aliphatic carbocycles. The molecule has 1 amide bonds. The van der Waals surface area contributed by atoms with Gasteiger partial charge in [0.1, 0.15) is 17.2 Å². The summed E-state index contributed by atoms with van der Waals surface area (Å²) < 4.78 is 0. The van der Waals surface area contributed by atoms with Crippen LogP contribution in [0.15, 0.2) is 65.5 Å². The van der Waals surface area contributed by atoms with Crippen molar-refractivity contribution < 1.29 is 4.79 Å². The average molecular weight is 316 g/mol. The normalized spacial score (nSPS) is 16.2. The van der Waals surface area contributed by atoms with Gasteiger partial charge >= 0.3 is 0 Å². The van der Waals surface area contributed by atoms with E-state index >= 15 is 0 Å². The van der Waals surface area contributed by atoms with Gasteiger partial charge in [0.15, 0.2) is 0 Å². The quantitative estimate of drug-likeness (QED) is 0.753. The predicted octanol–water partition coefficient (Wildman–Crippen LogP) is 3.36. The van der Waals surface area contributed by atoms with Crippen LogP contribution in [0.5, 0.6) is 0 Å². The van der Waals surface area contributed by atoms with E-state index in [4.69, 9.17) is 0 Å². The van der Waals surface area contributed by atoms with Crippen LogP contribution >= 0.6 is 0 Å². The van der Waals surface area contributed by atoms with Gasteiger partial charge in [0, 0.05) is 23.3 Å². The molecule has 0 radical (unpaired) electrons. The summed E-state index contributed by atoms with van der Waals surface area (Å²) in [4.78, 5) is 26.2. The summed E-state index contributed by atoms with van der Waals surface area (Å²) in [5, 5.41) is 0.979. The number of H-pyrrole nitrogens is 1. The Bertz CT molecular complexity index is 969. The molecular weight excluding hydrogens is 300 g/mol. The fourth-order valence-corrected chi connectivity index (χ4v) is 2.86. The first kappa shape index (κ1) is 14.4. The Kier molecular flexibility index (Phi) is 3.46. The molecule has 1 N–H and O–H groups in total. The van der Waals surface area contributed by atoms with Crippen molar-refractivity contribution >= 4 is 28.9 Å². The van der Waals surface area contributed by atoms with Crippen molar-refractivity contribution in [3.63, 3.8) is 0 Å². The van der Waals surface area contributed by atoms with E-state index in [1.54, 1.807) is 11.1 Å². The molecule has 24 heavy (non-hydrogen) atoms. The van der Waals surface area contributed by atoms with Gasteiger partial charge in [-0.15, -0.1) is 0 Å². The number of fused-ring (bicyclic) bond motifs is 1. The maximum Gasteiger partial charge on any atom is 0.278 e. The summed E-state index contributed by atoms with van der Waals surface area (Å²) in [6.07, 6.45) is 5.40. The van der Waals surface area contributed by atoms with Crippen LogP contribution in [0.2, 0.25) is 0 Å². The number of aromatic amines is 1. The van der Waals surface area contributed by atoms with Gasteiger partial charge in [-0.05, 0) is 30.7 Å². The third-order valence-corrected chi connectivity index (χ3v) is 4.10. The third-order valence-electron chi connectivity index (χ3n) is 4.10. The smallest absolute Gasteiger partial charge is 0.278 e. The Morgan fingerprint density at radius 3 is 2.83 bits per heavy atom. The molecule has 4 rings (SSSR count). The zero-order valence-corrected chi connectivity index (χ0v) is 13.2. The Balaban J connectivity index is 1.64. The molecule has 1 aromatic carbocycles. The van der Waals surface area contributed by atoms with E-state index in [2.05, 4.69) is 15.0 Å². The third kappa shape index (κ3) is 2.50. The first-order chi connectivity index (χ1) is 11.7. The van der Waals surface area contributed by atoms with Gasteiger partial charge in [-0.3, -0.25) is 9.69 Å². The second-order valence-corrected chi connectivity index (χ2v) is 5.71. The lowest BCUT2D eigenvalue weighted by molar-refractivity contribution is -0.123. The Hall–Kier alpha value is -3.21. The highest BCUT2D eigenvalue weighted by molar-refractivity contribution is 6.14. The molecule has 0 unspecified atom stereocenters. The standard InChI is InChI=1S/C19H16N4O/c1-13-22-17(10-15-11-21-18-16(15)8-5-9-20-18)19(24)23(13)12-14-6-3-2-4-7-14/h2-11H,12H2,1H3,(H,20,21). The van der Waals surface area contributed by atoms with Crippen LogP contribution in [0.4, 0.5) is 0 Å². The van der Waals surface area contributed by atoms with Crippen molar-refractivity contribution in [3.05, 3.63) is 71.7 Å². The van der Waals surface area contributed by atoms with Gasteiger partial charge in [0.05, 0.1) is 6.54 Å². The zero-order chi connectivity index (χ0) is 16.5. The summed E-state index contributed by atoms with van der Waals surface area (Å²) in [6, 6.07) is 13.8. The van der Waals surface area contributed by atoms with E-state index in [9.17, 15) is 4.79 Å².